The number of aromatic nitrogens is 2. The van der Waals surface area contributed by atoms with Gasteiger partial charge in [0.1, 0.15) is 5.82 Å². The number of rotatable bonds is 7. The number of hydrogen-bond donors (Lipinski definition) is 0. The first-order valence-electron chi connectivity index (χ1n) is 11.3. The van der Waals surface area contributed by atoms with Gasteiger partial charge in [-0.2, -0.15) is 11.3 Å². The van der Waals surface area contributed by atoms with Crippen LogP contribution in [0.4, 0.5) is 0 Å². The zero-order valence-electron chi connectivity index (χ0n) is 19.4. The summed E-state index contributed by atoms with van der Waals surface area (Å²) in [5.41, 5.74) is 2.42. The number of hydrogen-bond acceptors (Lipinski definition) is 6. The van der Waals surface area contributed by atoms with E-state index in [1.165, 1.54) is 18.4 Å². The normalized spacial score (nSPS) is 15.9. The van der Waals surface area contributed by atoms with Crippen molar-refractivity contribution in [2.24, 2.45) is 0 Å². The van der Waals surface area contributed by atoms with E-state index < -0.39 is 10.0 Å². The second-order valence-corrected chi connectivity index (χ2v) is 11.5. The van der Waals surface area contributed by atoms with Gasteiger partial charge >= 0.3 is 0 Å². The topological polar surface area (TPSA) is 78.8 Å². The minimum absolute atomic E-state index is 0.103. The van der Waals surface area contributed by atoms with Crippen LogP contribution < -0.4 is 0 Å². The molecule has 10 heteroatoms. The Balaban J connectivity index is 1.55. The molecule has 1 saturated heterocycles. The highest BCUT2D eigenvalue weighted by Gasteiger charge is 2.23. The van der Waals surface area contributed by atoms with Gasteiger partial charge in [0, 0.05) is 52.2 Å². The van der Waals surface area contributed by atoms with Crippen LogP contribution >= 0.6 is 11.3 Å². The second-order valence-electron chi connectivity index (χ2n) is 8.55. The second kappa shape index (κ2) is 9.92. The van der Waals surface area contributed by atoms with E-state index in [-0.39, 0.29) is 10.8 Å². The van der Waals surface area contributed by atoms with Crippen LogP contribution in [0.2, 0.25) is 0 Å². The van der Waals surface area contributed by atoms with Crippen LogP contribution in [0.3, 0.4) is 0 Å². The molecule has 0 spiro atoms. The molecule has 178 valence electrons. The number of carbonyl (C=O) groups excluding carboxylic acids is 1. The molecule has 0 bridgehead atoms. The van der Waals surface area contributed by atoms with Crippen molar-refractivity contribution in [1.82, 2.24) is 23.7 Å². The fraction of sp³-hybridized carbons (Fsp3) is 0.478. The van der Waals surface area contributed by atoms with Gasteiger partial charge in [-0.1, -0.05) is 6.92 Å². The largest absolute Gasteiger partial charge is 0.337 e. The first-order valence-corrected chi connectivity index (χ1v) is 13.6. The van der Waals surface area contributed by atoms with Crippen molar-refractivity contribution in [3.8, 4) is 0 Å². The molecule has 0 unspecified atom stereocenters. The number of aryl methyl sites for hydroxylation is 1. The van der Waals surface area contributed by atoms with E-state index >= 15 is 0 Å². The summed E-state index contributed by atoms with van der Waals surface area (Å²) in [4.78, 5) is 22.1. The maximum absolute atomic E-state index is 12.7. The van der Waals surface area contributed by atoms with Crippen LogP contribution in [-0.4, -0.2) is 78.3 Å². The van der Waals surface area contributed by atoms with Gasteiger partial charge in [-0.05, 0) is 42.5 Å². The Bertz CT molecular complexity index is 1220. The molecule has 0 saturated carbocycles. The van der Waals surface area contributed by atoms with E-state index in [4.69, 9.17) is 4.98 Å². The standard InChI is InChI=1S/C23H31N5O3S2/c1-4-9-28-21-7-6-19(33(30,31)25(2)3)15-20(21)24-22(28)16-26-10-5-11-27(13-12-26)23(29)18-8-14-32-17-18/h6-8,14-15,17H,4-5,9-13,16H2,1-3H3. The van der Waals surface area contributed by atoms with Crippen LogP contribution in [0, 0.1) is 0 Å². The summed E-state index contributed by atoms with van der Waals surface area (Å²) in [7, 11) is -0.444. The van der Waals surface area contributed by atoms with Crippen molar-refractivity contribution >= 4 is 38.3 Å². The van der Waals surface area contributed by atoms with E-state index in [2.05, 4.69) is 16.4 Å². The van der Waals surface area contributed by atoms with Crippen molar-refractivity contribution in [2.45, 2.75) is 37.8 Å². The van der Waals surface area contributed by atoms with Gasteiger partial charge in [0.2, 0.25) is 10.0 Å². The monoisotopic (exact) mass is 489 g/mol. The summed E-state index contributed by atoms with van der Waals surface area (Å²) < 4.78 is 28.6. The van der Waals surface area contributed by atoms with Crippen LogP contribution in [0.5, 0.6) is 0 Å². The summed E-state index contributed by atoms with van der Waals surface area (Å²) in [6.07, 6.45) is 1.87. The first kappa shape index (κ1) is 23.9. The lowest BCUT2D eigenvalue weighted by Gasteiger charge is -2.22. The lowest BCUT2D eigenvalue weighted by Crippen LogP contribution is -2.35. The fourth-order valence-corrected chi connectivity index (χ4v) is 5.78. The van der Waals surface area contributed by atoms with Gasteiger partial charge in [-0.15, -0.1) is 0 Å². The summed E-state index contributed by atoms with van der Waals surface area (Å²) in [5, 5.41) is 3.84. The molecule has 3 aromatic rings. The van der Waals surface area contributed by atoms with Gasteiger partial charge in [0.25, 0.3) is 5.91 Å². The number of carbonyl (C=O) groups is 1. The van der Waals surface area contributed by atoms with E-state index in [0.717, 1.165) is 55.9 Å². The van der Waals surface area contributed by atoms with E-state index in [0.29, 0.717) is 18.6 Å². The average molecular weight is 490 g/mol. The number of benzene rings is 1. The van der Waals surface area contributed by atoms with Crippen LogP contribution in [-0.2, 0) is 23.1 Å². The fourth-order valence-electron chi connectivity index (χ4n) is 4.23. The maximum Gasteiger partial charge on any atom is 0.254 e. The number of thiophene rings is 1. The highest BCUT2D eigenvalue weighted by molar-refractivity contribution is 7.89. The number of nitrogens with zero attached hydrogens (tertiary/aromatic N) is 5. The molecule has 3 heterocycles. The molecule has 4 rings (SSSR count). The Kier molecular flexibility index (Phi) is 7.18. The quantitative estimate of drug-likeness (QED) is 0.510. The summed E-state index contributed by atoms with van der Waals surface area (Å²) in [6, 6.07) is 7.08. The molecule has 8 nitrogen and oxygen atoms in total. The number of amides is 1. The van der Waals surface area contributed by atoms with E-state index in [1.54, 1.807) is 23.5 Å². The van der Waals surface area contributed by atoms with E-state index in [9.17, 15) is 13.2 Å². The molecular formula is C23H31N5O3S2. The lowest BCUT2D eigenvalue weighted by molar-refractivity contribution is 0.0761. The van der Waals surface area contributed by atoms with Gasteiger partial charge in [0.15, 0.2) is 0 Å². The predicted octanol–water partition coefficient (Wildman–Crippen LogP) is 3.11. The van der Waals surface area contributed by atoms with Crippen molar-refractivity contribution in [3.63, 3.8) is 0 Å². The van der Waals surface area contributed by atoms with Crippen LogP contribution in [0.25, 0.3) is 11.0 Å². The van der Waals surface area contributed by atoms with E-state index in [1.807, 2.05) is 27.8 Å². The van der Waals surface area contributed by atoms with Crippen LogP contribution in [0.15, 0.2) is 39.9 Å². The Morgan fingerprint density at radius 3 is 2.67 bits per heavy atom. The van der Waals surface area contributed by atoms with Crippen molar-refractivity contribution < 1.29 is 13.2 Å². The third-order valence-corrected chi connectivity index (χ3v) is 8.53. The lowest BCUT2D eigenvalue weighted by atomic mass is 10.3. The molecule has 1 aliphatic heterocycles. The molecule has 1 amide bonds. The third kappa shape index (κ3) is 4.98. The molecule has 1 fully saturated rings. The molecule has 2 aromatic heterocycles. The zero-order valence-corrected chi connectivity index (χ0v) is 21.0. The Morgan fingerprint density at radius 2 is 1.97 bits per heavy atom. The molecule has 0 aliphatic carbocycles. The number of fused-ring (bicyclic) bond motifs is 1. The highest BCUT2D eigenvalue weighted by atomic mass is 32.2. The summed E-state index contributed by atoms with van der Waals surface area (Å²) in [6.45, 7) is 6.73. The molecule has 0 atom stereocenters. The number of imidazole rings is 1. The Hall–Kier alpha value is -2.27. The molecular weight excluding hydrogens is 458 g/mol. The molecule has 1 aliphatic rings. The minimum Gasteiger partial charge on any atom is -0.337 e. The molecule has 0 radical (unpaired) electrons. The smallest absolute Gasteiger partial charge is 0.254 e. The first-order chi connectivity index (χ1) is 15.8. The van der Waals surface area contributed by atoms with Gasteiger partial charge in [-0.25, -0.2) is 17.7 Å². The SMILES string of the molecule is CCCn1c(CN2CCCN(C(=O)c3ccsc3)CC2)nc2cc(S(=O)(=O)N(C)C)ccc21. The predicted molar refractivity (Wildman–Crippen MR) is 131 cm³/mol. The van der Waals surface area contributed by atoms with Crippen molar-refractivity contribution in [3.05, 3.63) is 46.4 Å². The van der Waals surface area contributed by atoms with Crippen molar-refractivity contribution in [2.75, 3.05) is 40.3 Å². The minimum atomic E-state index is -3.51. The highest BCUT2D eigenvalue weighted by Crippen LogP contribution is 2.24. The molecule has 1 aromatic carbocycles. The Labute approximate surface area is 199 Å². The maximum atomic E-state index is 12.7. The van der Waals surface area contributed by atoms with Gasteiger partial charge in [0.05, 0.1) is 28.0 Å². The van der Waals surface area contributed by atoms with Gasteiger partial charge < -0.3 is 9.47 Å². The third-order valence-electron chi connectivity index (χ3n) is 6.03. The molecule has 33 heavy (non-hydrogen) atoms. The van der Waals surface area contributed by atoms with Crippen LogP contribution in [0.1, 0.15) is 35.9 Å². The summed E-state index contributed by atoms with van der Waals surface area (Å²) >= 11 is 1.54. The number of sulfonamides is 1. The Morgan fingerprint density at radius 1 is 1.15 bits per heavy atom. The molecule has 0 N–H and O–H groups in total. The average Bonchev–Trinajstić information content (AvgIpc) is 3.37. The van der Waals surface area contributed by atoms with Crippen molar-refractivity contribution in [1.29, 1.82) is 0 Å². The zero-order chi connectivity index (χ0) is 23.6. The summed E-state index contributed by atoms with van der Waals surface area (Å²) in [5.74, 6) is 1.04. The van der Waals surface area contributed by atoms with Gasteiger partial charge in [-0.3, -0.25) is 9.69 Å².